The minimum absolute atomic E-state index is 0. The number of benzene rings is 1. The van der Waals surface area contributed by atoms with Crippen LogP contribution in [0.25, 0.3) is 0 Å². The smallest absolute Gasteiger partial charge is 0.0626 e. The molecule has 0 saturated carbocycles. The molecular formula is C9H14ClNO. The fraction of sp³-hybridized carbons (Fsp3) is 0.333. The maximum atomic E-state index is 8.92. The van der Waals surface area contributed by atoms with Gasteiger partial charge in [-0.25, -0.2) is 0 Å². The normalized spacial score (nSPS) is 11.8. The molecule has 0 amide bonds. The van der Waals surface area contributed by atoms with Crippen LogP contribution < -0.4 is 5.32 Å². The van der Waals surface area contributed by atoms with E-state index in [1.54, 1.807) is 0 Å². The van der Waals surface area contributed by atoms with E-state index in [4.69, 9.17) is 5.11 Å². The van der Waals surface area contributed by atoms with Crippen LogP contribution in [-0.4, -0.2) is 18.8 Å². The summed E-state index contributed by atoms with van der Waals surface area (Å²) in [7, 11) is 1.84. The molecule has 68 valence electrons. The molecular weight excluding hydrogens is 174 g/mol. The van der Waals surface area contributed by atoms with Gasteiger partial charge in [-0.1, -0.05) is 30.3 Å². The molecule has 1 atom stereocenters. The Bertz CT molecular complexity index is 199. The highest BCUT2D eigenvalue weighted by molar-refractivity contribution is 5.85. The molecule has 0 unspecified atom stereocenters. The first-order valence-electron chi connectivity index (χ1n) is 3.71. The number of nitrogens with one attached hydrogen (secondary N) is 1. The second kappa shape index (κ2) is 6.00. The van der Waals surface area contributed by atoms with E-state index in [0.29, 0.717) is 0 Å². The van der Waals surface area contributed by atoms with Crippen LogP contribution in [0.4, 0.5) is 0 Å². The maximum absolute atomic E-state index is 8.92. The Hall–Kier alpha value is -0.570. The fourth-order valence-corrected chi connectivity index (χ4v) is 1.05. The van der Waals surface area contributed by atoms with Gasteiger partial charge in [0.1, 0.15) is 0 Å². The summed E-state index contributed by atoms with van der Waals surface area (Å²) in [5.74, 6) is 0. The highest BCUT2D eigenvalue weighted by Crippen LogP contribution is 2.09. The third kappa shape index (κ3) is 2.81. The van der Waals surface area contributed by atoms with Crippen LogP contribution in [0, 0.1) is 0 Å². The number of hydrogen-bond donors (Lipinski definition) is 2. The predicted octanol–water partition coefficient (Wildman–Crippen LogP) is 1.36. The van der Waals surface area contributed by atoms with Crippen molar-refractivity contribution in [1.82, 2.24) is 5.32 Å². The minimum atomic E-state index is 0. The largest absolute Gasteiger partial charge is 0.394 e. The zero-order valence-electron chi connectivity index (χ0n) is 7.03. The Labute approximate surface area is 79.0 Å². The Morgan fingerprint density at radius 2 is 1.92 bits per heavy atom. The molecule has 0 aliphatic rings. The van der Waals surface area contributed by atoms with Gasteiger partial charge in [-0.2, -0.15) is 0 Å². The number of rotatable bonds is 3. The molecule has 0 bridgehead atoms. The lowest BCUT2D eigenvalue weighted by molar-refractivity contribution is 0.251. The van der Waals surface area contributed by atoms with E-state index in [2.05, 4.69) is 5.32 Å². The van der Waals surface area contributed by atoms with Crippen LogP contribution in [0.1, 0.15) is 11.6 Å². The van der Waals surface area contributed by atoms with Gasteiger partial charge in [-0.05, 0) is 12.6 Å². The summed E-state index contributed by atoms with van der Waals surface area (Å²) >= 11 is 0. The molecule has 0 aliphatic carbocycles. The number of hydrogen-bond acceptors (Lipinski definition) is 2. The van der Waals surface area contributed by atoms with E-state index in [9.17, 15) is 0 Å². The Balaban J connectivity index is 0.00000121. The summed E-state index contributed by atoms with van der Waals surface area (Å²) in [5.41, 5.74) is 1.12. The second-order valence-electron chi connectivity index (χ2n) is 2.43. The Kier molecular flexibility index (Phi) is 5.72. The molecule has 0 aliphatic heterocycles. The Morgan fingerprint density at radius 1 is 1.33 bits per heavy atom. The van der Waals surface area contributed by atoms with Gasteiger partial charge in [-0.15, -0.1) is 12.4 Å². The lowest BCUT2D eigenvalue weighted by Gasteiger charge is -2.12. The topological polar surface area (TPSA) is 32.3 Å². The van der Waals surface area contributed by atoms with E-state index in [1.165, 1.54) is 0 Å². The van der Waals surface area contributed by atoms with E-state index in [1.807, 2.05) is 37.4 Å². The highest BCUT2D eigenvalue weighted by atomic mass is 35.5. The summed E-state index contributed by atoms with van der Waals surface area (Å²) in [5, 5.41) is 11.9. The number of aliphatic hydroxyl groups excluding tert-OH is 1. The number of aliphatic hydroxyl groups is 1. The van der Waals surface area contributed by atoms with Gasteiger partial charge in [0, 0.05) is 0 Å². The Morgan fingerprint density at radius 3 is 2.33 bits per heavy atom. The molecule has 1 aromatic rings. The molecule has 1 aromatic carbocycles. The van der Waals surface area contributed by atoms with Crippen LogP contribution in [0.2, 0.25) is 0 Å². The van der Waals surface area contributed by atoms with Gasteiger partial charge < -0.3 is 10.4 Å². The van der Waals surface area contributed by atoms with Gasteiger partial charge in [0.15, 0.2) is 0 Å². The lowest BCUT2D eigenvalue weighted by Crippen LogP contribution is -2.19. The van der Waals surface area contributed by atoms with Crippen molar-refractivity contribution in [3.05, 3.63) is 35.9 Å². The molecule has 0 spiro atoms. The molecule has 1 rings (SSSR count). The monoisotopic (exact) mass is 187 g/mol. The van der Waals surface area contributed by atoms with E-state index >= 15 is 0 Å². The molecule has 2 nitrogen and oxygen atoms in total. The highest BCUT2D eigenvalue weighted by Gasteiger charge is 2.04. The van der Waals surface area contributed by atoms with Crippen molar-refractivity contribution in [3.63, 3.8) is 0 Å². The van der Waals surface area contributed by atoms with E-state index in [0.717, 1.165) is 5.56 Å². The van der Waals surface area contributed by atoms with Crippen molar-refractivity contribution in [2.24, 2.45) is 0 Å². The van der Waals surface area contributed by atoms with Crippen molar-refractivity contribution < 1.29 is 5.11 Å². The van der Waals surface area contributed by atoms with Crippen LogP contribution in [0.5, 0.6) is 0 Å². The molecule has 12 heavy (non-hydrogen) atoms. The molecule has 0 heterocycles. The van der Waals surface area contributed by atoms with Gasteiger partial charge in [0.2, 0.25) is 0 Å². The summed E-state index contributed by atoms with van der Waals surface area (Å²) < 4.78 is 0. The van der Waals surface area contributed by atoms with Gasteiger partial charge in [0.25, 0.3) is 0 Å². The first-order valence-corrected chi connectivity index (χ1v) is 3.71. The third-order valence-corrected chi connectivity index (χ3v) is 1.73. The molecule has 0 radical (unpaired) electrons. The summed E-state index contributed by atoms with van der Waals surface area (Å²) in [6, 6.07) is 9.96. The predicted molar refractivity (Wildman–Crippen MR) is 52.6 cm³/mol. The van der Waals surface area contributed by atoms with Crippen molar-refractivity contribution in [2.75, 3.05) is 13.7 Å². The fourth-order valence-electron chi connectivity index (χ4n) is 1.05. The van der Waals surface area contributed by atoms with Crippen molar-refractivity contribution in [2.45, 2.75) is 6.04 Å². The summed E-state index contributed by atoms with van der Waals surface area (Å²) in [6.45, 7) is 0.139. The van der Waals surface area contributed by atoms with E-state index in [-0.39, 0.29) is 25.1 Å². The molecule has 0 fully saturated rings. The zero-order valence-corrected chi connectivity index (χ0v) is 7.84. The SMILES string of the molecule is CN[C@@H](CO)c1ccccc1.Cl. The number of halogens is 1. The first kappa shape index (κ1) is 11.4. The van der Waals surface area contributed by atoms with Crippen LogP contribution in [0.15, 0.2) is 30.3 Å². The van der Waals surface area contributed by atoms with Crippen molar-refractivity contribution >= 4 is 12.4 Å². The van der Waals surface area contributed by atoms with Crippen molar-refractivity contribution in [3.8, 4) is 0 Å². The average Bonchev–Trinajstić information content (AvgIpc) is 2.09. The zero-order chi connectivity index (χ0) is 8.10. The molecule has 2 N–H and O–H groups in total. The van der Waals surface area contributed by atoms with Gasteiger partial charge in [0.05, 0.1) is 12.6 Å². The molecule has 0 aromatic heterocycles. The van der Waals surface area contributed by atoms with Crippen LogP contribution in [-0.2, 0) is 0 Å². The summed E-state index contributed by atoms with van der Waals surface area (Å²) in [6.07, 6.45) is 0. The van der Waals surface area contributed by atoms with Crippen molar-refractivity contribution in [1.29, 1.82) is 0 Å². The maximum Gasteiger partial charge on any atom is 0.0626 e. The van der Waals surface area contributed by atoms with Crippen LogP contribution in [0.3, 0.4) is 0 Å². The standard InChI is InChI=1S/C9H13NO.ClH/c1-10-9(7-11)8-5-3-2-4-6-8;/h2-6,9-11H,7H2,1H3;1H/t9-;/m0./s1. The average molecular weight is 188 g/mol. The van der Waals surface area contributed by atoms with E-state index < -0.39 is 0 Å². The quantitative estimate of drug-likeness (QED) is 0.749. The van der Waals surface area contributed by atoms with Gasteiger partial charge in [-0.3, -0.25) is 0 Å². The minimum Gasteiger partial charge on any atom is -0.394 e. The first-order chi connectivity index (χ1) is 5.38. The third-order valence-electron chi connectivity index (χ3n) is 1.73. The lowest BCUT2D eigenvalue weighted by atomic mass is 10.1. The summed E-state index contributed by atoms with van der Waals surface area (Å²) in [4.78, 5) is 0. The van der Waals surface area contributed by atoms with Gasteiger partial charge >= 0.3 is 0 Å². The molecule has 3 heteroatoms. The number of likely N-dealkylation sites (N-methyl/N-ethyl adjacent to an activating group) is 1. The van der Waals surface area contributed by atoms with Crippen LogP contribution >= 0.6 is 12.4 Å². The second-order valence-corrected chi connectivity index (χ2v) is 2.43. The molecule has 0 saturated heterocycles.